The number of pyridine rings is 1. The molecular formula is C18H27N5O2. The van der Waals surface area contributed by atoms with Gasteiger partial charge in [0.15, 0.2) is 0 Å². The Morgan fingerprint density at radius 3 is 2.80 bits per heavy atom. The van der Waals surface area contributed by atoms with Crippen molar-refractivity contribution in [1.29, 1.82) is 0 Å². The summed E-state index contributed by atoms with van der Waals surface area (Å²) in [5.41, 5.74) is 1.05. The lowest BCUT2D eigenvalue weighted by Crippen LogP contribution is -2.55. The van der Waals surface area contributed by atoms with Crippen molar-refractivity contribution in [1.82, 2.24) is 25.4 Å². The number of carbonyl (C=O) groups is 2. The van der Waals surface area contributed by atoms with Gasteiger partial charge in [-0.2, -0.15) is 0 Å². The summed E-state index contributed by atoms with van der Waals surface area (Å²) in [6, 6.07) is 5.66. The van der Waals surface area contributed by atoms with Gasteiger partial charge < -0.3 is 15.5 Å². The Morgan fingerprint density at radius 1 is 1.28 bits per heavy atom. The van der Waals surface area contributed by atoms with Gasteiger partial charge in [-0.15, -0.1) is 0 Å². The van der Waals surface area contributed by atoms with Gasteiger partial charge in [0.05, 0.1) is 5.69 Å². The fourth-order valence-electron chi connectivity index (χ4n) is 3.44. The third-order valence-corrected chi connectivity index (χ3v) is 5.10. The third-order valence-electron chi connectivity index (χ3n) is 5.10. The summed E-state index contributed by atoms with van der Waals surface area (Å²) in [5.74, 6) is -0.0618. The first kappa shape index (κ1) is 17.7. The SMILES string of the molecule is C[C@H](c1ccccn1)N1CCN(C(=O)N[C@H]2CCCCNC2=O)CC1. The topological polar surface area (TPSA) is 77.6 Å². The highest BCUT2D eigenvalue weighted by Gasteiger charge is 2.28. The van der Waals surface area contributed by atoms with Crippen molar-refractivity contribution >= 4 is 11.9 Å². The lowest BCUT2D eigenvalue weighted by atomic mass is 10.1. The molecule has 0 spiro atoms. The maximum absolute atomic E-state index is 12.5. The van der Waals surface area contributed by atoms with E-state index in [1.54, 1.807) is 4.90 Å². The number of rotatable bonds is 3. The van der Waals surface area contributed by atoms with E-state index in [0.717, 1.165) is 31.6 Å². The lowest BCUT2D eigenvalue weighted by molar-refractivity contribution is -0.122. The molecule has 0 aromatic carbocycles. The van der Waals surface area contributed by atoms with Crippen molar-refractivity contribution < 1.29 is 9.59 Å². The van der Waals surface area contributed by atoms with Gasteiger partial charge in [0.1, 0.15) is 6.04 Å². The van der Waals surface area contributed by atoms with Gasteiger partial charge in [-0.3, -0.25) is 14.7 Å². The highest BCUT2D eigenvalue weighted by Crippen LogP contribution is 2.19. The van der Waals surface area contributed by atoms with Gasteiger partial charge in [0.2, 0.25) is 5.91 Å². The van der Waals surface area contributed by atoms with E-state index in [2.05, 4.69) is 27.4 Å². The van der Waals surface area contributed by atoms with Crippen LogP contribution in [-0.2, 0) is 4.79 Å². The Labute approximate surface area is 148 Å². The number of aromatic nitrogens is 1. The van der Waals surface area contributed by atoms with Gasteiger partial charge in [-0.1, -0.05) is 6.07 Å². The number of hydrogen-bond acceptors (Lipinski definition) is 4. The molecule has 2 fully saturated rings. The van der Waals surface area contributed by atoms with Crippen molar-refractivity contribution in [3.8, 4) is 0 Å². The molecule has 2 aliphatic heterocycles. The molecule has 2 aliphatic rings. The van der Waals surface area contributed by atoms with Crippen molar-refractivity contribution in [3.63, 3.8) is 0 Å². The molecule has 2 N–H and O–H groups in total. The fourth-order valence-corrected chi connectivity index (χ4v) is 3.44. The summed E-state index contributed by atoms with van der Waals surface area (Å²) in [6.07, 6.45) is 4.46. The van der Waals surface area contributed by atoms with E-state index < -0.39 is 6.04 Å². The zero-order valence-corrected chi connectivity index (χ0v) is 14.8. The normalized spacial score (nSPS) is 23.5. The van der Waals surface area contributed by atoms with Gasteiger partial charge in [-0.05, 0) is 38.3 Å². The molecule has 7 heteroatoms. The summed E-state index contributed by atoms with van der Waals surface area (Å²) >= 11 is 0. The molecule has 3 rings (SSSR count). The standard InChI is InChI=1S/C18H27N5O2/c1-14(15-6-2-4-8-19-15)22-10-12-23(13-11-22)18(25)21-16-7-3-5-9-20-17(16)24/h2,4,6,8,14,16H,3,5,7,9-13H2,1H3,(H,20,24)(H,21,25)/t14-,16+/m1/s1. The second-order valence-electron chi connectivity index (χ2n) is 6.74. The molecule has 3 amide bonds. The molecule has 2 atom stereocenters. The molecular weight excluding hydrogens is 318 g/mol. The number of nitrogens with one attached hydrogen (secondary N) is 2. The number of piperazine rings is 1. The highest BCUT2D eigenvalue weighted by atomic mass is 16.2. The summed E-state index contributed by atoms with van der Waals surface area (Å²) in [6.45, 7) is 5.79. The van der Waals surface area contributed by atoms with Crippen LogP contribution in [0.2, 0.25) is 0 Å². The van der Waals surface area contributed by atoms with E-state index in [1.165, 1.54) is 0 Å². The lowest BCUT2D eigenvalue weighted by Gasteiger charge is -2.38. The van der Waals surface area contributed by atoms with E-state index in [4.69, 9.17) is 0 Å². The van der Waals surface area contributed by atoms with Crippen LogP contribution in [-0.4, -0.2) is 65.5 Å². The van der Waals surface area contributed by atoms with Crippen molar-refractivity contribution in [2.75, 3.05) is 32.7 Å². The number of hydrogen-bond donors (Lipinski definition) is 2. The zero-order valence-electron chi connectivity index (χ0n) is 14.8. The summed E-state index contributed by atoms with van der Waals surface area (Å²) in [7, 11) is 0. The van der Waals surface area contributed by atoms with E-state index in [-0.39, 0.29) is 18.0 Å². The molecule has 1 aromatic heterocycles. The molecule has 7 nitrogen and oxygen atoms in total. The largest absolute Gasteiger partial charge is 0.354 e. The summed E-state index contributed by atoms with van der Waals surface area (Å²) in [4.78, 5) is 33.0. The van der Waals surface area contributed by atoms with Crippen LogP contribution in [0.3, 0.4) is 0 Å². The first-order chi connectivity index (χ1) is 12.1. The van der Waals surface area contributed by atoms with E-state index in [0.29, 0.717) is 26.1 Å². The molecule has 0 unspecified atom stereocenters. The minimum atomic E-state index is -0.402. The minimum Gasteiger partial charge on any atom is -0.354 e. The molecule has 0 radical (unpaired) electrons. The predicted molar refractivity (Wildman–Crippen MR) is 95.0 cm³/mol. The Hall–Kier alpha value is -2.15. The first-order valence-electron chi connectivity index (χ1n) is 9.13. The van der Waals surface area contributed by atoms with Gasteiger partial charge >= 0.3 is 6.03 Å². The van der Waals surface area contributed by atoms with Crippen molar-refractivity contribution in [2.45, 2.75) is 38.3 Å². The Bertz CT molecular complexity index is 586. The molecule has 136 valence electrons. The van der Waals surface area contributed by atoms with Crippen LogP contribution in [0.4, 0.5) is 4.79 Å². The average Bonchev–Trinajstić information content (AvgIpc) is 2.86. The maximum atomic E-state index is 12.5. The Morgan fingerprint density at radius 2 is 2.08 bits per heavy atom. The maximum Gasteiger partial charge on any atom is 0.318 e. The van der Waals surface area contributed by atoms with Crippen LogP contribution in [0.25, 0.3) is 0 Å². The summed E-state index contributed by atoms with van der Waals surface area (Å²) in [5, 5.41) is 5.75. The number of nitrogens with zero attached hydrogens (tertiary/aromatic N) is 3. The molecule has 1 aromatic rings. The van der Waals surface area contributed by atoms with Crippen molar-refractivity contribution in [3.05, 3.63) is 30.1 Å². The molecule has 3 heterocycles. The third kappa shape index (κ3) is 4.48. The van der Waals surface area contributed by atoms with Gasteiger partial charge in [0.25, 0.3) is 0 Å². The van der Waals surface area contributed by atoms with Crippen LogP contribution < -0.4 is 10.6 Å². The zero-order chi connectivity index (χ0) is 17.6. The molecule has 25 heavy (non-hydrogen) atoms. The van der Waals surface area contributed by atoms with Crippen LogP contribution in [0, 0.1) is 0 Å². The quantitative estimate of drug-likeness (QED) is 0.861. The number of amides is 3. The molecule has 0 bridgehead atoms. The fraction of sp³-hybridized carbons (Fsp3) is 0.611. The van der Waals surface area contributed by atoms with Crippen LogP contribution in [0.5, 0.6) is 0 Å². The monoisotopic (exact) mass is 345 g/mol. The van der Waals surface area contributed by atoms with E-state index in [1.807, 2.05) is 24.4 Å². The van der Waals surface area contributed by atoms with Crippen LogP contribution >= 0.6 is 0 Å². The smallest absolute Gasteiger partial charge is 0.318 e. The van der Waals surface area contributed by atoms with Gasteiger partial charge in [-0.25, -0.2) is 4.79 Å². The molecule has 2 saturated heterocycles. The highest BCUT2D eigenvalue weighted by molar-refractivity contribution is 5.87. The minimum absolute atomic E-state index is 0.0618. The Kier molecular flexibility index (Phi) is 5.86. The number of carbonyl (C=O) groups excluding carboxylic acids is 2. The van der Waals surface area contributed by atoms with Crippen LogP contribution in [0.1, 0.15) is 37.9 Å². The predicted octanol–water partition coefficient (Wildman–Crippen LogP) is 1.14. The second-order valence-corrected chi connectivity index (χ2v) is 6.74. The number of urea groups is 1. The summed E-state index contributed by atoms with van der Waals surface area (Å²) < 4.78 is 0. The first-order valence-corrected chi connectivity index (χ1v) is 9.13. The van der Waals surface area contributed by atoms with E-state index >= 15 is 0 Å². The van der Waals surface area contributed by atoms with Crippen molar-refractivity contribution in [2.24, 2.45) is 0 Å². The van der Waals surface area contributed by atoms with Crippen LogP contribution in [0.15, 0.2) is 24.4 Å². The molecule has 0 aliphatic carbocycles. The second kappa shape index (κ2) is 8.29. The van der Waals surface area contributed by atoms with E-state index in [9.17, 15) is 9.59 Å². The van der Waals surface area contributed by atoms with Gasteiger partial charge in [0, 0.05) is 45.0 Å². The Balaban J connectivity index is 1.50. The molecule has 0 saturated carbocycles. The average molecular weight is 345 g/mol.